The molecule has 0 saturated carbocycles. The largest absolute Gasteiger partial charge is 0.398 e. The Kier molecular flexibility index (Phi) is 2.28. The number of aromatic nitrogens is 1. The molecule has 0 aliphatic heterocycles. The van der Waals surface area contributed by atoms with E-state index in [1.165, 1.54) is 21.8 Å². The number of alkyl halides is 1. The zero-order valence-electron chi connectivity index (χ0n) is 8.65. The van der Waals surface area contributed by atoms with Gasteiger partial charge in [-0.05, 0) is 18.2 Å². The highest BCUT2D eigenvalue weighted by molar-refractivity contribution is 14.1. The van der Waals surface area contributed by atoms with Crippen molar-refractivity contribution in [3.8, 4) is 0 Å². The smallest absolute Gasteiger partial charge is 0.0748 e. The highest BCUT2D eigenvalue weighted by Crippen LogP contribution is 2.33. The van der Waals surface area contributed by atoms with Crippen molar-refractivity contribution in [1.29, 1.82) is 0 Å². The van der Waals surface area contributed by atoms with Crippen LogP contribution in [-0.2, 0) is 4.55 Å². The molecule has 0 fully saturated rings. The second kappa shape index (κ2) is 3.66. The number of halogens is 1. The zero-order chi connectivity index (χ0) is 11.1. The number of benzene rings is 2. The van der Waals surface area contributed by atoms with Gasteiger partial charge in [-0.2, -0.15) is 0 Å². The molecule has 1 aromatic heterocycles. The molecule has 0 spiro atoms. The summed E-state index contributed by atoms with van der Waals surface area (Å²) in [6.45, 7) is 0. The number of nitrogens with zero attached hydrogens (tertiary/aromatic N) is 1. The summed E-state index contributed by atoms with van der Waals surface area (Å²) in [7, 11) is 0. The van der Waals surface area contributed by atoms with Gasteiger partial charge in [0.2, 0.25) is 0 Å². The Labute approximate surface area is 107 Å². The SMILES string of the molecule is Nc1cccc2c1c1ccccc1n2CI. The molecule has 0 radical (unpaired) electrons. The lowest BCUT2D eigenvalue weighted by Gasteiger charge is -2.01. The molecular weight excluding hydrogens is 311 g/mol. The fourth-order valence-corrected chi connectivity index (χ4v) is 2.99. The number of rotatable bonds is 1. The Balaban J connectivity index is 2.64. The number of anilines is 1. The topological polar surface area (TPSA) is 30.9 Å². The van der Waals surface area contributed by atoms with E-state index in [1.807, 2.05) is 12.1 Å². The van der Waals surface area contributed by atoms with Crippen LogP contribution < -0.4 is 5.73 Å². The molecule has 16 heavy (non-hydrogen) atoms. The van der Waals surface area contributed by atoms with Crippen LogP contribution in [0, 0.1) is 0 Å². The van der Waals surface area contributed by atoms with Crippen molar-refractivity contribution < 1.29 is 0 Å². The minimum atomic E-state index is 0.859. The van der Waals surface area contributed by atoms with Gasteiger partial charge in [-0.1, -0.05) is 46.9 Å². The van der Waals surface area contributed by atoms with Crippen LogP contribution >= 0.6 is 22.6 Å². The van der Waals surface area contributed by atoms with Crippen LogP contribution in [-0.4, -0.2) is 4.57 Å². The average Bonchev–Trinajstić information content (AvgIpc) is 2.64. The highest BCUT2D eigenvalue weighted by atomic mass is 127. The summed E-state index contributed by atoms with van der Waals surface area (Å²) in [4.78, 5) is 0. The second-order valence-corrected chi connectivity index (χ2v) is 4.49. The average molecular weight is 322 g/mol. The van der Waals surface area contributed by atoms with E-state index in [4.69, 9.17) is 5.73 Å². The van der Waals surface area contributed by atoms with Crippen LogP contribution in [0.25, 0.3) is 21.8 Å². The third-order valence-electron chi connectivity index (χ3n) is 2.95. The summed E-state index contributed by atoms with van der Waals surface area (Å²) in [5, 5.41) is 2.42. The fourth-order valence-electron chi connectivity index (χ4n) is 2.25. The van der Waals surface area contributed by atoms with Crippen molar-refractivity contribution in [3.05, 3.63) is 42.5 Å². The Bertz CT molecular complexity index is 670. The fraction of sp³-hybridized carbons (Fsp3) is 0.0769. The molecule has 0 aliphatic carbocycles. The molecule has 2 N–H and O–H groups in total. The lowest BCUT2D eigenvalue weighted by atomic mass is 10.1. The molecule has 3 aromatic rings. The third-order valence-corrected chi connectivity index (χ3v) is 3.63. The molecule has 3 heteroatoms. The van der Waals surface area contributed by atoms with Crippen LogP contribution in [0.4, 0.5) is 5.69 Å². The van der Waals surface area contributed by atoms with Crippen LogP contribution in [0.2, 0.25) is 0 Å². The number of nitrogens with two attached hydrogens (primary N) is 1. The van der Waals surface area contributed by atoms with Gasteiger partial charge in [-0.3, -0.25) is 0 Å². The van der Waals surface area contributed by atoms with Crippen LogP contribution in [0.5, 0.6) is 0 Å². The van der Waals surface area contributed by atoms with Gasteiger partial charge in [-0.25, -0.2) is 0 Å². The van der Waals surface area contributed by atoms with Crippen molar-refractivity contribution in [2.24, 2.45) is 0 Å². The van der Waals surface area contributed by atoms with E-state index in [0.717, 1.165) is 10.2 Å². The molecule has 80 valence electrons. The number of fused-ring (bicyclic) bond motifs is 3. The van der Waals surface area contributed by atoms with Gasteiger partial charge in [0.25, 0.3) is 0 Å². The molecule has 0 unspecified atom stereocenters. The Morgan fingerprint density at radius 3 is 2.56 bits per heavy atom. The van der Waals surface area contributed by atoms with Gasteiger partial charge < -0.3 is 10.3 Å². The van der Waals surface area contributed by atoms with Crippen LogP contribution in [0.1, 0.15) is 0 Å². The van der Waals surface area contributed by atoms with E-state index in [0.29, 0.717) is 0 Å². The summed E-state index contributed by atoms with van der Waals surface area (Å²) in [6, 6.07) is 14.5. The van der Waals surface area contributed by atoms with Crippen LogP contribution in [0.3, 0.4) is 0 Å². The first-order valence-corrected chi connectivity index (χ1v) is 6.67. The molecule has 0 atom stereocenters. The zero-order valence-corrected chi connectivity index (χ0v) is 10.8. The van der Waals surface area contributed by atoms with Crippen molar-refractivity contribution >= 4 is 50.1 Å². The molecule has 0 bridgehead atoms. The summed E-state index contributed by atoms with van der Waals surface area (Å²) >= 11 is 2.38. The van der Waals surface area contributed by atoms with E-state index in [-0.39, 0.29) is 0 Å². The van der Waals surface area contributed by atoms with E-state index >= 15 is 0 Å². The van der Waals surface area contributed by atoms with Crippen molar-refractivity contribution in [2.45, 2.75) is 4.55 Å². The molecule has 2 nitrogen and oxygen atoms in total. The molecule has 3 rings (SSSR count). The molecule has 0 amide bonds. The minimum Gasteiger partial charge on any atom is -0.398 e. The quantitative estimate of drug-likeness (QED) is 0.413. The number of hydrogen-bond donors (Lipinski definition) is 1. The molecule has 0 aliphatic rings. The predicted molar refractivity (Wildman–Crippen MR) is 77.9 cm³/mol. The van der Waals surface area contributed by atoms with Gasteiger partial charge in [0.1, 0.15) is 0 Å². The first kappa shape index (κ1) is 9.96. The van der Waals surface area contributed by atoms with E-state index < -0.39 is 0 Å². The standard InChI is InChI=1S/C13H11IN2/c14-8-16-11-6-2-1-4-9(11)13-10(15)5-3-7-12(13)16/h1-7H,8,15H2. The molecule has 0 saturated heterocycles. The van der Waals surface area contributed by atoms with Crippen molar-refractivity contribution in [3.63, 3.8) is 0 Å². The van der Waals surface area contributed by atoms with E-state index in [2.05, 4.69) is 57.5 Å². The lowest BCUT2D eigenvalue weighted by Crippen LogP contribution is -1.90. The molecule has 2 aromatic carbocycles. The number of para-hydroxylation sites is 1. The predicted octanol–water partition coefficient (Wildman–Crippen LogP) is 3.77. The summed E-state index contributed by atoms with van der Waals surface area (Å²) in [5.41, 5.74) is 9.41. The number of nitrogen functional groups attached to an aromatic ring is 1. The van der Waals surface area contributed by atoms with Crippen molar-refractivity contribution in [2.75, 3.05) is 5.73 Å². The minimum absolute atomic E-state index is 0.859. The second-order valence-electron chi connectivity index (χ2n) is 3.81. The summed E-state index contributed by atoms with van der Waals surface area (Å²) in [5.74, 6) is 0. The Morgan fingerprint density at radius 2 is 1.75 bits per heavy atom. The van der Waals surface area contributed by atoms with Crippen LogP contribution in [0.15, 0.2) is 42.5 Å². The highest BCUT2D eigenvalue weighted by Gasteiger charge is 2.10. The van der Waals surface area contributed by atoms with E-state index in [1.54, 1.807) is 0 Å². The summed E-state index contributed by atoms with van der Waals surface area (Å²) < 4.78 is 3.23. The Morgan fingerprint density at radius 1 is 1.00 bits per heavy atom. The Hall–Kier alpha value is -1.23. The third kappa shape index (κ3) is 1.24. The normalized spacial score (nSPS) is 11.3. The number of hydrogen-bond acceptors (Lipinski definition) is 1. The molecular formula is C13H11IN2. The summed E-state index contributed by atoms with van der Waals surface area (Å²) in [6.07, 6.45) is 0. The van der Waals surface area contributed by atoms with Gasteiger partial charge in [-0.15, -0.1) is 0 Å². The lowest BCUT2D eigenvalue weighted by molar-refractivity contribution is 1.01. The van der Waals surface area contributed by atoms with Gasteiger partial charge in [0, 0.05) is 22.0 Å². The maximum atomic E-state index is 6.07. The maximum absolute atomic E-state index is 6.07. The molecule has 1 heterocycles. The maximum Gasteiger partial charge on any atom is 0.0748 e. The van der Waals surface area contributed by atoms with Gasteiger partial charge in [0.05, 0.1) is 10.1 Å². The first-order chi connectivity index (χ1) is 7.83. The van der Waals surface area contributed by atoms with Crippen molar-refractivity contribution in [1.82, 2.24) is 4.57 Å². The first-order valence-electron chi connectivity index (χ1n) is 5.14. The monoisotopic (exact) mass is 322 g/mol. The van der Waals surface area contributed by atoms with Gasteiger partial charge >= 0.3 is 0 Å². The van der Waals surface area contributed by atoms with E-state index in [9.17, 15) is 0 Å². The van der Waals surface area contributed by atoms with Gasteiger partial charge in [0.15, 0.2) is 0 Å².